The van der Waals surface area contributed by atoms with E-state index < -0.39 is 8.07 Å². The number of rotatable bonds is 2. The Morgan fingerprint density at radius 1 is 0.875 bits per heavy atom. The van der Waals surface area contributed by atoms with Gasteiger partial charge in [0, 0.05) is 28.2 Å². The van der Waals surface area contributed by atoms with E-state index in [1.165, 1.54) is 11.1 Å². The molecule has 0 aliphatic carbocycles. The van der Waals surface area contributed by atoms with Crippen LogP contribution in [-0.4, -0.2) is 8.07 Å². The molecule has 87 valence electrons. The first kappa shape index (κ1) is 13.5. The summed E-state index contributed by atoms with van der Waals surface area (Å²) >= 11 is 0. The smallest absolute Gasteiger partial charge is 0.0289 e. The first-order chi connectivity index (χ1) is 7.09. The fourth-order valence-corrected chi connectivity index (χ4v) is 3.58. The Balaban J connectivity index is 0.00000128. The molecule has 0 fully saturated rings. The first-order valence-corrected chi connectivity index (χ1v) is 8.90. The van der Waals surface area contributed by atoms with Crippen LogP contribution in [0.1, 0.15) is 0 Å². The van der Waals surface area contributed by atoms with Crippen LogP contribution in [0.3, 0.4) is 0 Å². The normalized spacial score (nSPS) is 10.9. The molecule has 0 atom stereocenters. The Kier molecular flexibility index (Phi) is 4.37. The van der Waals surface area contributed by atoms with Gasteiger partial charge >= 0.3 is 0 Å². The monoisotopic (exact) mass is 406 g/mol. The van der Waals surface area contributed by atoms with Crippen molar-refractivity contribution in [3.05, 3.63) is 48.5 Å². The van der Waals surface area contributed by atoms with Crippen molar-refractivity contribution in [1.82, 2.24) is 0 Å². The molecule has 0 amide bonds. The fourth-order valence-electron chi connectivity index (χ4n) is 1.94. The SMILES string of the molecule is C[Si](C)(C)[c-]1cccc1-c1ccccc1.[Ir]. The average Bonchev–Trinajstić information content (AvgIpc) is 2.67. The van der Waals surface area contributed by atoms with Crippen molar-refractivity contribution < 1.29 is 20.1 Å². The quantitative estimate of drug-likeness (QED) is 0.529. The van der Waals surface area contributed by atoms with Gasteiger partial charge in [0.05, 0.1) is 0 Å². The summed E-state index contributed by atoms with van der Waals surface area (Å²) < 4.78 is 0. The van der Waals surface area contributed by atoms with Crippen LogP contribution in [-0.2, 0) is 20.1 Å². The zero-order chi connectivity index (χ0) is 10.9. The Labute approximate surface area is 112 Å². The summed E-state index contributed by atoms with van der Waals surface area (Å²) in [6.07, 6.45) is 0. The summed E-state index contributed by atoms with van der Waals surface area (Å²) in [7, 11) is -1.21. The zero-order valence-electron chi connectivity index (χ0n) is 9.95. The van der Waals surface area contributed by atoms with Gasteiger partial charge in [-0.15, -0.1) is 16.3 Å². The van der Waals surface area contributed by atoms with E-state index >= 15 is 0 Å². The molecule has 0 bridgehead atoms. The van der Waals surface area contributed by atoms with Crippen molar-refractivity contribution in [2.75, 3.05) is 0 Å². The third kappa shape index (κ3) is 2.76. The van der Waals surface area contributed by atoms with Gasteiger partial charge in [-0.2, -0.15) is 18.2 Å². The van der Waals surface area contributed by atoms with Gasteiger partial charge < -0.3 is 0 Å². The van der Waals surface area contributed by atoms with Crippen LogP contribution in [0, 0.1) is 0 Å². The summed E-state index contributed by atoms with van der Waals surface area (Å²) in [4.78, 5) is 0. The topological polar surface area (TPSA) is 0 Å². The molecule has 0 unspecified atom stereocenters. The van der Waals surface area contributed by atoms with Gasteiger partial charge in [0.1, 0.15) is 0 Å². The van der Waals surface area contributed by atoms with Gasteiger partial charge in [-0.1, -0.05) is 50.0 Å². The Morgan fingerprint density at radius 3 is 2.06 bits per heavy atom. The van der Waals surface area contributed by atoms with Crippen LogP contribution in [0.4, 0.5) is 0 Å². The molecule has 0 nitrogen and oxygen atoms in total. The van der Waals surface area contributed by atoms with Crippen molar-refractivity contribution in [2.45, 2.75) is 19.6 Å². The Morgan fingerprint density at radius 2 is 1.50 bits per heavy atom. The molecule has 0 aromatic heterocycles. The van der Waals surface area contributed by atoms with Crippen molar-refractivity contribution in [1.29, 1.82) is 0 Å². The van der Waals surface area contributed by atoms with Gasteiger partial charge in [-0.3, -0.25) is 0 Å². The number of benzene rings is 1. The largest absolute Gasteiger partial charge is 0.176 e. The van der Waals surface area contributed by atoms with Crippen molar-refractivity contribution >= 4 is 13.3 Å². The maximum Gasteiger partial charge on any atom is 0.0289 e. The second-order valence-corrected chi connectivity index (χ2v) is 10.0. The van der Waals surface area contributed by atoms with E-state index in [1.807, 2.05) is 0 Å². The summed E-state index contributed by atoms with van der Waals surface area (Å²) in [5.74, 6) is 0. The van der Waals surface area contributed by atoms with Crippen LogP contribution in [0.5, 0.6) is 0 Å². The molecule has 0 N–H and O–H groups in total. The van der Waals surface area contributed by atoms with Gasteiger partial charge in [0.2, 0.25) is 0 Å². The molecule has 16 heavy (non-hydrogen) atoms. The average molecular weight is 406 g/mol. The summed E-state index contributed by atoms with van der Waals surface area (Å²) in [6.45, 7) is 7.19. The Bertz CT molecular complexity index is 437. The van der Waals surface area contributed by atoms with Gasteiger partial charge in [0.25, 0.3) is 0 Å². The molecular weight excluding hydrogens is 388 g/mol. The standard InChI is InChI=1S/C14H17Si.Ir/c1-15(2,3)14-11-7-10-13(14)12-8-5-4-6-9-12;/h4-11H,1-3H3;/q-1;. The number of hydrogen-bond donors (Lipinski definition) is 0. The van der Waals surface area contributed by atoms with Gasteiger partial charge in [-0.25, -0.2) is 0 Å². The minimum atomic E-state index is -1.21. The molecule has 1 radical (unpaired) electrons. The van der Waals surface area contributed by atoms with Gasteiger partial charge in [0.15, 0.2) is 0 Å². The first-order valence-electron chi connectivity index (χ1n) is 5.40. The minimum Gasteiger partial charge on any atom is -0.176 e. The third-order valence-electron chi connectivity index (χ3n) is 2.71. The molecular formula is C14H17IrSi-. The summed E-state index contributed by atoms with van der Waals surface area (Å²) in [6, 6.07) is 17.4. The fraction of sp³-hybridized carbons (Fsp3) is 0.214. The molecule has 0 saturated carbocycles. The van der Waals surface area contributed by atoms with Crippen molar-refractivity contribution in [3.63, 3.8) is 0 Å². The van der Waals surface area contributed by atoms with Crippen LogP contribution in [0.25, 0.3) is 11.1 Å². The maximum absolute atomic E-state index is 2.40. The third-order valence-corrected chi connectivity index (χ3v) is 4.76. The molecule has 2 heteroatoms. The van der Waals surface area contributed by atoms with E-state index in [1.54, 1.807) is 5.19 Å². The molecule has 2 aromatic rings. The van der Waals surface area contributed by atoms with E-state index in [-0.39, 0.29) is 20.1 Å². The summed E-state index contributed by atoms with van der Waals surface area (Å²) in [5.41, 5.74) is 2.77. The summed E-state index contributed by atoms with van der Waals surface area (Å²) in [5, 5.41) is 1.56. The molecule has 0 saturated heterocycles. The van der Waals surface area contributed by atoms with Crippen LogP contribution < -0.4 is 5.19 Å². The van der Waals surface area contributed by atoms with Crippen LogP contribution in [0.2, 0.25) is 19.6 Å². The predicted molar refractivity (Wildman–Crippen MR) is 70.5 cm³/mol. The van der Waals surface area contributed by atoms with Crippen LogP contribution in [0.15, 0.2) is 48.5 Å². The van der Waals surface area contributed by atoms with Crippen LogP contribution >= 0.6 is 0 Å². The predicted octanol–water partition coefficient (Wildman–Crippen LogP) is 3.62. The maximum atomic E-state index is 2.40. The van der Waals surface area contributed by atoms with E-state index in [0.29, 0.717) is 0 Å². The molecule has 0 aliphatic heterocycles. The van der Waals surface area contributed by atoms with E-state index in [0.717, 1.165) is 0 Å². The molecule has 0 heterocycles. The van der Waals surface area contributed by atoms with E-state index in [2.05, 4.69) is 68.2 Å². The molecule has 0 aliphatic rings. The molecule has 0 spiro atoms. The molecule has 2 aromatic carbocycles. The van der Waals surface area contributed by atoms with E-state index in [4.69, 9.17) is 0 Å². The Hall–Kier alpha value is -0.564. The molecule has 2 rings (SSSR count). The number of hydrogen-bond acceptors (Lipinski definition) is 0. The van der Waals surface area contributed by atoms with Crippen molar-refractivity contribution in [2.24, 2.45) is 0 Å². The second kappa shape index (κ2) is 5.18. The zero-order valence-corrected chi connectivity index (χ0v) is 13.3. The van der Waals surface area contributed by atoms with Gasteiger partial charge in [-0.05, 0) is 0 Å². The second-order valence-electron chi connectivity index (χ2n) is 4.97. The minimum absolute atomic E-state index is 0. The van der Waals surface area contributed by atoms with Crippen molar-refractivity contribution in [3.8, 4) is 11.1 Å². The van der Waals surface area contributed by atoms with E-state index in [9.17, 15) is 0 Å².